The number of fused-ring (bicyclic) bond motifs is 1. The Bertz CT molecular complexity index is 430. The molecule has 0 amide bonds. The predicted molar refractivity (Wildman–Crippen MR) is 74.5 cm³/mol. The number of rotatable bonds is 3. The van der Waals surface area contributed by atoms with E-state index in [-0.39, 0.29) is 0 Å². The van der Waals surface area contributed by atoms with Gasteiger partial charge in [0.1, 0.15) is 5.75 Å². The van der Waals surface area contributed by atoms with E-state index in [1.54, 1.807) is 0 Å². The van der Waals surface area contributed by atoms with E-state index in [4.69, 9.17) is 9.47 Å². The average molecular weight is 262 g/mol. The molecule has 0 aliphatic carbocycles. The summed E-state index contributed by atoms with van der Waals surface area (Å²) in [4.78, 5) is 2.52. The predicted octanol–water partition coefficient (Wildman–Crippen LogP) is 1.56. The van der Waals surface area contributed by atoms with Crippen LogP contribution in [0.4, 0.5) is 0 Å². The zero-order chi connectivity index (χ0) is 13.1. The van der Waals surface area contributed by atoms with Crippen molar-refractivity contribution in [1.82, 2.24) is 10.2 Å². The van der Waals surface area contributed by atoms with Crippen LogP contribution in [0.5, 0.6) is 5.75 Å². The molecule has 104 valence electrons. The molecule has 19 heavy (non-hydrogen) atoms. The van der Waals surface area contributed by atoms with Crippen molar-refractivity contribution in [3.63, 3.8) is 0 Å². The minimum Gasteiger partial charge on any atom is -0.494 e. The van der Waals surface area contributed by atoms with Gasteiger partial charge in [-0.3, -0.25) is 4.90 Å². The molecule has 2 heterocycles. The zero-order valence-electron chi connectivity index (χ0n) is 11.5. The van der Waals surface area contributed by atoms with Crippen molar-refractivity contribution in [2.24, 2.45) is 0 Å². The average Bonchev–Trinajstić information content (AvgIpc) is 2.48. The lowest BCUT2D eigenvalue weighted by molar-refractivity contribution is 0.0146. The Kier molecular flexibility index (Phi) is 4.01. The Labute approximate surface area is 114 Å². The second-order valence-corrected chi connectivity index (χ2v) is 5.09. The van der Waals surface area contributed by atoms with Gasteiger partial charge in [-0.25, -0.2) is 0 Å². The molecule has 0 unspecified atom stereocenters. The highest BCUT2D eigenvalue weighted by atomic mass is 16.5. The van der Waals surface area contributed by atoms with E-state index in [0.29, 0.717) is 6.04 Å². The first-order valence-corrected chi connectivity index (χ1v) is 7.16. The van der Waals surface area contributed by atoms with Gasteiger partial charge >= 0.3 is 0 Å². The Balaban J connectivity index is 1.82. The van der Waals surface area contributed by atoms with E-state index >= 15 is 0 Å². The third-order valence-electron chi connectivity index (χ3n) is 3.92. The summed E-state index contributed by atoms with van der Waals surface area (Å²) in [7, 11) is 0. The van der Waals surface area contributed by atoms with Crippen LogP contribution in [-0.2, 0) is 11.3 Å². The van der Waals surface area contributed by atoms with Crippen LogP contribution in [0.25, 0.3) is 0 Å². The van der Waals surface area contributed by atoms with Gasteiger partial charge in [-0.05, 0) is 30.2 Å². The number of ether oxygens (including phenoxy) is 2. The first-order valence-electron chi connectivity index (χ1n) is 7.16. The van der Waals surface area contributed by atoms with Gasteiger partial charge in [-0.2, -0.15) is 0 Å². The van der Waals surface area contributed by atoms with Crippen molar-refractivity contribution in [1.29, 1.82) is 0 Å². The summed E-state index contributed by atoms with van der Waals surface area (Å²) in [5.41, 5.74) is 2.82. The van der Waals surface area contributed by atoms with Crippen LogP contribution < -0.4 is 10.1 Å². The Morgan fingerprint density at radius 2 is 2.21 bits per heavy atom. The third kappa shape index (κ3) is 2.76. The lowest BCUT2D eigenvalue weighted by atomic mass is 9.95. The largest absolute Gasteiger partial charge is 0.494 e. The van der Waals surface area contributed by atoms with Crippen LogP contribution in [0.15, 0.2) is 18.2 Å². The maximum absolute atomic E-state index is 5.59. The maximum atomic E-state index is 5.59. The summed E-state index contributed by atoms with van der Waals surface area (Å²) in [5.74, 6) is 0.977. The molecule has 1 N–H and O–H groups in total. The summed E-state index contributed by atoms with van der Waals surface area (Å²) in [6, 6.07) is 6.99. The van der Waals surface area contributed by atoms with Crippen molar-refractivity contribution >= 4 is 0 Å². The summed E-state index contributed by atoms with van der Waals surface area (Å²) in [6.07, 6.45) is 0. The normalized spacial score (nSPS) is 23.9. The van der Waals surface area contributed by atoms with Crippen LogP contribution in [0.1, 0.15) is 24.1 Å². The second-order valence-electron chi connectivity index (χ2n) is 5.09. The van der Waals surface area contributed by atoms with E-state index < -0.39 is 0 Å². The van der Waals surface area contributed by atoms with Crippen molar-refractivity contribution in [3.8, 4) is 5.75 Å². The molecule has 0 spiro atoms. The number of morpholine rings is 1. The number of nitrogens with one attached hydrogen (secondary N) is 1. The molecule has 1 fully saturated rings. The number of nitrogens with zero attached hydrogens (tertiary/aromatic N) is 1. The number of benzene rings is 1. The maximum Gasteiger partial charge on any atom is 0.119 e. The molecule has 0 saturated carbocycles. The molecular weight excluding hydrogens is 240 g/mol. The third-order valence-corrected chi connectivity index (χ3v) is 3.92. The van der Waals surface area contributed by atoms with Gasteiger partial charge in [0.2, 0.25) is 0 Å². The van der Waals surface area contributed by atoms with E-state index in [9.17, 15) is 0 Å². The van der Waals surface area contributed by atoms with Crippen LogP contribution in [0, 0.1) is 0 Å². The highest BCUT2D eigenvalue weighted by Crippen LogP contribution is 2.30. The lowest BCUT2D eigenvalue weighted by Gasteiger charge is -2.38. The van der Waals surface area contributed by atoms with E-state index in [2.05, 4.69) is 28.4 Å². The molecule has 4 nitrogen and oxygen atoms in total. The molecule has 0 aromatic heterocycles. The van der Waals surface area contributed by atoms with Gasteiger partial charge in [0, 0.05) is 32.2 Å². The molecule has 3 rings (SSSR count). The van der Waals surface area contributed by atoms with Crippen molar-refractivity contribution in [2.75, 3.05) is 39.5 Å². The topological polar surface area (TPSA) is 33.7 Å². The molecule has 1 atom stereocenters. The highest BCUT2D eigenvalue weighted by Gasteiger charge is 2.27. The van der Waals surface area contributed by atoms with Gasteiger partial charge in [-0.15, -0.1) is 0 Å². The van der Waals surface area contributed by atoms with Gasteiger partial charge in [0.15, 0.2) is 0 Å². The molecule has 1 saturated heterocycles. The van der Waals surface area contributed by atoms with Crippen LogP contribution >= 0.6 is 0 Å². The molecule has 0 radical (unpaired) electrons. The Morgan fingerprint density at radius 3 is 3.00 bits per heavy atom. The quantitative estimate of drug-likeness (QED) is 0.896. The minimum atomic E-state index is 0.475. The smallest absolute Gasteiger partial charge is 0.119 e. The van der Waals surface area contributed by atoms with Crippen LogP contribution in [0.3, 0.4) is 0 Å². The van der Waals surface area contributed by atoms with Crippen molar-refractivity contribution in [3.05, 3.63) is 29.3 Å². The monoisotopic (exact) mass is 262 g/mol. The first-order chi connectivity index (χ1) is 9.38. The molecule has 1 aromatic carbocycles. The van der Waals surface area contributed by atoms with E-state index in [1.807, 2.05) is 6.92 Å². The van der Waals surface area contributed by atoms with E-state index in [0.717, 1.165) is 51.7 Å². The Morgan fingerprint density at radius 1 is 1.37 bits per heavy atom. The zero-order valence-corrected chi connectivity index (χ0v) is 11.5. The molecule has 2 aliphatic rings. The van der Waals surface area contributed by atoms with Gasteiger partial charge in [0.25, 0.3) is 0 Å². The fraction of sp³-hybridized carbons (Fsp3) is 0.600. The van der Waals surface area contributed by atoms with E-state index in [1.165, 1.54) is 11.1 Å². The minimum absolute atomic E-state index is 0.475. The van der Waals surface area contributed by atoms with Gasteiger partial charge in [0.05, 0.1) is 19.8 Å². The summed E-state index contributed by atoms with van der Waals surface area (Å²) >= 11 is 0. The second kappa shape index (κ2) is 5.90. The Hall–Kier alpha value is -1.10. The SMILES string of the molecule is CCOc1ccc2c(c1)CNC[C@@H]2N1CCOCC1. The fourth-order valence-corrected chi connectivity index (χ4v) is 2.99. The number of hydrogen-bond acceptors (Lipinski definition) is 4. The van der Waals surface area contributed by atoms with Crippen molar-refractivity contribution < 1.29 is 9.47 Å². The summed E-state index contributed by atoms with van der Waals surface area (Å²) < 4.78 is 11.0. The summed E-state index contributed by atoms with van der Waals surface area (Å²) in [6.45, 7) is 8.47. The van der Waals surface area contributed by atoms with Gasteiger partial charge in [-0.1, -0.05) is 6.07 Å². The van der Waals surface area contributed by atoms with Crippen LogP contribution in [0.2, 0.25) is 0 Å². The first kappa shape index (κ1) is 12.9. The molecular formula is C15H22N2O2. The molecule has 1 aromatic rings. The lowest BCUT2D eigenvalue weighted by Crippen LogP contribution is -2.45. The van der Waals surface area contributed by atoms with Crippen molar-refractivity contribution in [2.45, 2.75) is 19.5 Å². The summed E-state index contributed by atoms with van der Waals surface area (Å²) in [5, 5.41) is 3.52. The fourth-order valence-electron chi connectivity index (χ4n) is 2.99. The van der Waals surface area contributed by atoms with Crippen LogP contribution in [-0.4, -0.2) is 44.4 Å². The molecule has 4 heteroatoms. The molecule has 0 bridgehead atoms. The number of hydrogen-bond donors (Lipinski definition) is 1. The van der Waals surface area contributed by atoms with Gasteiger partial charge < -0.3 is 14.8 Å². The highest BCUT2D eigenvalue weighted by molar-refractivity contribution is 5.39. The standard InChI is InChI=1S/C15H22N2O2/c1-2-19-13-3-4-14-12(9-13)10-16-11-15(14)17-5-7-18-8-6-17/h3-4,9,15-16H,2,5-8,10-11H2,1H3/t15-/m0/s1. The molecule has 2 aliphatic heterocycles.